The number of hydrogen-bond acceptors (Lipinski definition) is 6. The standard InChI is InChI=1S/C21H21N5OS2/c1-14-7-8-16-17(11-14)29-19-18(16)20(27)26(15-5-3-2-4-6-15)21(24-19)28-10-9-25-13-22-12-23-25/h2-6,12-14H,7-11H2,1H3. The summed E-state index contributed by atoms with van der Waals surface area (Å²) in [7, 11) is 0. The van der Waals surface area contributed by atoms with E-state index in [9.17, 15) is 4.79 Å². The number of benzene rings is 1. The monoisotopic (exact) mass is 423 g/mol. The summed E-state index contributed by atoms with van der Waals surface area (Å²) in [5.41, 5.74) is 2.14. The predicted molar refractivity (Wildman–Crippen MR) is 117 cm³/mol. The van der Waals surface area contributed by atoms with Gasteiger partial charge >= 0.3 is 0 Å². The van der Waals surface area contributed by atoms with E-state index in [-0.39, 0.29) is 5.56 Å². The fraction of sp³-hybridized carbons (Fsp3) is 0.333. The normalized spacial score (nSPS) is 16.2. The van der Waals surface area contributed by atoms with Crippen molar-refractivity contribution < 1.29 is 0 Å². The van der Waals surface area contributed by atoms with Crippen LogP contribution in [0.4, 0.5) is 0 Å². The fourth-order valence-corrected chi connectivity index (χ4v) is 6.22. The first kappa shape index (κ1) is 18.6. The van der Waals surface area contributed by atoms with E-state index in [1.54, 1.807) is 38.7 Å². The number of nitrogens with zero attached hydrogens (tertiary/aromatic N) is 5. The van der Waals surface area contributed by atoms with Crippen LogP contribution in [-0.4, -0.2) is 30.1 Å². The van der Waals surface area contributed by atoms with Crippen molar-refractivity contribution in [3.05, 3.63) is 63.8 Å². The van der Waals surface area contributed by atoms with E-state index < -0.39 is 0 Å². The Kier molecular flexibility index (Phi) is 4.97. The van der Waals surface area contributed by atoms with Crippen LogP contribution in [0.2, 0.25) is 0 Å². The molecule has 0 spiro atoms. The molecule has 29 heavy (non-hydrogen) atoms. The second kappa shape index (κ2) is 7.76. The molecule has 0 saturated carbocycles. The zero-order valence-electron chi connectivity index (χ0n) is 16.1. The maximum Gasteiger partial charge on any atom is 0.267 e. The van der Waals surface area contributed by atoms with E-state index in [0.29, 0.717) is 12.5 Å². The summed E-state index contributed by atoms with van der Waals surface area (Å²) in [6.07, 6.45) is 6.40. The van der Waals surface area contributed by atoms with Crippen molar-refractivity contribution in [3.8, 4) is 5.69 Å². The van der Waals surface area contributed by atoms with Crippen molar-refractivity contribution in [3.63, 3.8) is 0 Å². The Bertz CT molecular complexity index is 1200. The van der Waals surface area contributed by atoms with E-state index >= 15 is 0 Å². The van der Waals surface area contributed by atoms with Gasteiger partial charge in [0.25, 0.3) is 5.56 Å². The first-order valence-electron chi connectivity index (χ1n) is 9.78. The van der Waals surface area contributed by atoms with Gasteiger partial charge in [0, 0.05) is 10.6 Å². The third-order valence-electron chi connectivity index (χ3n) is 5.33. The minimum atomic E-state index is 0.0523. The lowest BCUT2D eigenvalue weighted by Crippen LogP contribution is -2.22. The first-order chi connectivity index (χ1) is 14.2. The Morgan fingerprint density at radius 1 is 1.28 bits per heavy atom. The van der Waals surface area contributed by atoms with Crippen LogP contribution in [0.25, 0.3) is 15.9 Å². The fourth-order valence-electron chi connectivity index (χ4n) is 3.85. The lowest BCUT2D eigenvalue weighted by molar-refractivity contribution is 0.509. The lowest BCUT2D eigenvalue weighted by Gasteiger charge is -2.17. The van der Waals surface area contributed by atoms with Gasteiger partial charge in [-0.15, -0.1) is 11.3 Å². The van der Waals surface area contributed by atoms with Crippen LogP contribution in [0.3, 0.4) is 0 Å². The van der Waals surface area contributed by atoms with E-state index in [1.807, 2.05) is 30.3 Å². The van der Waals surface area contributed by atoms with Crippen LogP contribution < -0.4 is 5.56 Å². The summed E-state index contributed by atoms with van der Waals surface area (Å²) in [5, 5.41) is 5.71. The van der Waals surface area contributed by atoms with E-state index in [0.717, 1.165) is 46.1 Å². The van der Waals surface area contributed by atoms with Gasteiger partial charge in [0.05, 0.1) is 17.6 Å². The van der Waals surface area contributed by atoms with Gasteiger partial charge in [0.2, 0.25) is 0 Å². The summed E-state index contributed by atoms with van der Waals surface area (Å²) < 4.78 is 3.57. The molecule has 5 rings (SSSR count). The second-order valence-corrected chi connectivity index (χ2v) is 9.56. The predicted octanol–water partition coefficient (Wildman–Crippen LogP) is 3.96. The highest BCUT2D eigenvalue weighted by Gasteiger charge is 2.25. The Labute approximate surface area is 176 Å². The van der Waals surface area contributed by atoms with Gasteiger partial charge < -0.3 is 0 Å². The Morgan fingerprint density at radius 2 is 2.14 bits per heavy atom. The van der Waals surface area contributed by atoms with Crippen LogP contribution in [0.15, 0.2) is 52.9 Å². The number of para-hydroxylation sites is 1. The molecule has 1 aromatic carbocycles. The van der Waals surface area contributed by atoms with Crippen LogP contribution >= 0.6 is 23.1 Å². The minimum Gasteiger partial charge on any atom is -0.268 e. The molecule has 0 fully saturated rings. The molecule has 148 valence electrons. The Hall–Kier alpha value is -2.45. The smallest absolute Gasteiger partial charge is 0.267 e. The van der Waals surface area contributed by atoms with E-state index in [4.69, 9.17) is 4.98 Å². The zero-order chi connectivity index (χ0) is 19.8. The molecule has 8 heteroatoms. The number of aromatic nitrogens is 5. The molecule has 0 saturated heterocycles. The van der Waals surface area contributed by atoms with Crippen molar-refractivity contribution in [2.45, 2.75) is 37.9 Å². The molecule has 1 aliphatic rings. The Morgan fingerprint density at radius 3 is 2.93 bits per heavy atom. The number of thiophene rings is 1. The molecule has 1 atom stereocenters. The number of fused-ring (bicyclic) bond motifs is 3. The summed E-state index contributed by atoms with van der Waals surface area (Å²) in [6.45, 7) is 3.00. The van der Waals surface area contributed by atoms with Gasteiger partial charge in [-0.25, -0.2) is 9.97 Å². The topological polar surface area (TPSA) is 65.6 Å². The number of thioether (sulfide) groups is 1. The van der Waals surface area contributed by atoms with Gasteiger partial charge in [0.15, 0.2) is 5.16 Å². The first-order valence-corrected chi connectivity index (χ1v) is 11.6. The highest BCUT2D eigenvalue weighted by Crippen LogP contribution is 2.37. The molecule has 0 N–H and O–H groups in total. The molecule has 0 bridgehead atoms. The van der Waals surface area contributed by atoms with Gasteiger partial charge in [-0.05, 0) is 42.9 Å². The van der Waals surface area contributed by atoms with Crippen LogP contribution in [0.1, 0.15) is 23.8 Å². The lowest BCUT2D eigenvalue weighted by atomic mass is 9.89. The zero-order valence-corrected chi connectivity index (χ0v) is 17.7. The molecule has 0 radical (unpaired) electrons. The second-order valence-electron chi connectivity index (χ2n) is 7.41. The number of hydrogen-bond donors (Lipinski definition) is 0. The van der Waals surface area contributed by atoms with Gasteiger partial charge in [-0.1, -0.05) is 36.9 Å². The largest absolute Gasteiger partial charge is 0.268 e. The summed E-state index contributed by atoms with van der Waals surface area (Å²) in [4.78, 5) is 24.8. The third-order valence-corrected chi connectivity index (χ3v) is 7.40. The molecule has 4 aromatic rings. The molecule has 0 aliphatic heterocycles. The molecule has 1 unspecified atom stereocenters. The van der Waals surface area contributed by atoms with Crippen LogP contribution in [0, 0.1) is 5.92 Å². The number of rotatable bonds is 5. The molecule has 0 amide bonds. The highest BCUT2D eigenvalue weighted by atomic mass is 32.2. The van der Waals surface area contributed by atoms with Crippen molar-refractivity contribution in [2.75, 3.05) is 5.75 Å². The van der Waals surface area contributed by atoms with E-state index in [2.05, 4.69) is 17.0 Å². The summed E-state index contributed by atoms with van der Waals surface area (Å²) in [6, 6.07) is 9.82. The van der Waals surface area contributed by atoms with Crippen LogP contribution in [0.5, 0.6) is 0 Å². The van der Waals surface area contributed by atoms with Crippen LogP contribution in [-0.2, 0) is 19.4 Å². The maximum atomic E-state index is 13.6. The average Bonchev–Trinajstić information content (AvgIpc) is 3.36. The van der Waals surface area contributed by atoms with Crippen molar-refractivity contribution >= 4 is 33.3 Å². The van der Waals surface area contributed by atoms with Gasteiger partial charge in [0.1, 0.15) is 17.5 Å². The maximum absolute atomic E-state index is 13.6. The highest BCUT2D eigenvalue weighted by molar-refractivity contribution is 7.99. The number of aryl methyl sites for hydroxylation is 2. The molecule has 6 nitrogen and oxygen atoms in total. The third kappa shape index (κ3) is 3.51. The average molecular weight is 424 g/mol. The quantitative estimate of drug-likeness (QED) is 0.359. The summed E-state index contributed by atoms with van der Waals surface area (Å²) >= 11 is 3.29. The molecular formula is C21H21N5OS2. The van der Waals surface area contributed by atoms with Crippen molar-refractivity contribution in [1.29, 1.82) is 0 Å². The Balaban J connectivity index is 1.61. The van der Waals surface area contributed by atoms with Gasteiger partial charge in [-0.2, -0.15) is 5.10 Å². The van der Waals surface area contributed by atoms with E-state index in [1.165, 1.54) is 16.8 Å². The molecule has 3 aromatic heterocycles. The van der Waals surface area contributed by atoms with Gasteiger partial charge in [-0.3, -0.25) is 14.0 Å². The van der Waals surface area contributed by atoms with Crippen molar-refractivity contribution in [1.82, 2.24) is 24.3 Å². The molecular weight excluding hydrogens is 402 g/mol. The minimum absolute atomic E-state index is 0.0523. The summed E-state index contributed by atoms with van der Waals surface area (Å²) in [5.74, 6) is 1.43. The molecule has 3 heterocycles. The van der Waals surface area contributed by atoms with Crippen molar-refractivity contribution in [2.24, 2.45) is 5.92 Å². The SMILES string of the molecule is CC1CCc2c(sc3nc(SCCn4cncn4)n(-c4ccccc4)c(=O)c23)C1. The molecule has 1 aliphatic carbocycles.